The van der Waals surface area contributed by atoms with Crippen LogP contribution in [0.15, 0.2) is 18.2 Å². The van der Waals surface area contributed by atoms with Gasteiger partial charge in [0.15, 0.2) is 0 Å². The molecular formula is C12H15ClN2. The molecule has 0 aromatic heterocycles. The summed E-state index contributed by atoms with van der Waals surface area (Å²) in [6.07, 6.45) is 3.79. The molecule has 0 radical (unpaired) electrons. The number of anilines is 1. The molecule has 0 spiro atoms. The van der Waals surface area contributed by atoms with Gasteiger partial charge in [0.2, 0.25) is 0 Å². The molecule has 2 nitrogen and oxygen atoms in total. The minimum atomic E-state index is 0.573. The first-order valence-electron chi connectivity index (χ1n) is 5.59. The molecule has 2 aliphatic rings. The fourth-order valence-electron chi connectivity index (χ4n) is 2.18. The van der Waals surface area contributed by atoms with E-state index in [2.05, 4.69) is 22.8 Å². The van der Waals surface area contributed by atoms with Crippen LogP contribution in [0.5, 0.6) is 0 Å². The van der Waals surface area contributed by atoms with E-state index < -0.39 is 0 Å². The molecule has 3 rings (SSSR count). The van der Waals surface area contributed by atoms with Gasteiger partial charge in [0.25, 0.3) is 0 Å². The predicted octanol–water partition coefficient (Wildman–Crippen LogP) is 2.43. The van der Waals surface area contributed by atoms with Crippen molar-refractivity contribution in [1.82, 2.24) is 5.32 Å². The van der Waals surface area contributed by atoms with E-state index in [1.807, 2.05) is 6.07 Å². The van der Waals surface area contributed by atoms with Gasteiger partial charge >= 0.3 is 0 Å². The molecule has 0 bridgehead atoms. The van der Waals surface area contributed by atoms with Crippen molar-refractivity contribution in [3.05, 3.63) is 28.8 Å². The van der Waals surface area contributed by atoms with Crippen LogP contribution in [0.2, 0.25) is 5.02 Å². The van der Waals surface area contributed by atoms with Crippen LogP contribution < -0.4 is 10.6 Å². The molecule has 2 N–H and O–H groups in total. The third-order valence-corrected chi connectivity index (χ3v) is 3.36. The maximum absolute atomic E-state index is 5.99. The highest BCUT2D eigenvalue weighted by Crippen LogP contribution is 2.27. The summed E-state index contributed by atoms with van der Waals surface area (Å²) in [5.41, 5.74) is 2.58. The van der Waals surface area contributed by atoms with Crippen molar-refractivity contribution >= 4 is 17.3 Å². The van der Waals surface area contributed by atoms with Gasteiger partial charge in [-0.2, -0.15) is 0 Å². The minimum Gasteiger partial charge on any atom is -0.383 e. The molecule has 0 saturated heterocycles. The summed E-state index contributed by atoms with van der Waals surface area (Å²) in [7, 11) is 0. The van der Waals surface area contributed by atoms with Crippen LogP contribution in [-0.2, 0) is 6.42 Å². The Balaban J connectivity index is 1.75. The van der Waals surface area contributed by atoms with Gasteiger partial charge in [-0.3, -0.25) is 0 Å². The van der Waals surface area contributed by atoms with E-state index in [1.165, 1.54) is 24.1 Å². The zero-order valence-electron chi connectivity index (χ0n) is 8.59. The molecule has 1 aliphatic heterocycles. The fraction of sp³-hybridized carbons (Fsp3) is 0.500. The molecule has 3 heteroatoms. The Kier molecular flexibility index (Phi) is 2.33. The van der Waals surface area contributed by atoms with Gasteiger partial charge in [-0.05, 0) is 43.0 Å². The van der Waals surface area contributed by atoms with E-state index in [0.29, 0.717) is 6.04 Å². The second-order valence-corrected chi connectivity index (χ2v) is 4.96. The Labute approximate surface area is 95.0 Å². The van der Waals surface area contributed by atoms with Crippen molar-refractivity contribution in [1.29, 1.82) is 0 Å². The zero-order chi connectivity index (χ0) is 10.3. The van der Waals surface area contributed by atoms with Crippen LogP contribution in [0.3, 0.4) is 0 Å². The molecule has 1 aromatic carbocycles. The van der Waals surface area contributed by atoms with Gasteiger partial charge in [0.05, 0.1) is 0 Å². The normalized spacial score (nSPS) is 24.5. The lowest BCUT2D eigenvalue weighted by Crippen LogP contribution is -2.41. The Bertz CT molecular complexity index is 374. The lowest BCUT2D eigenvalue weighted by Gasteiger charge is -2.27. The first-order valence-corrected chi connectivity index (χ1v) is 5.97. The highest BCUT2D eigenvalue weighted by molar-refractivity contribution is 6.30. The number of halogens is 1. The molecule has 80 valence electrons. The summed E-state index contributed by atoms with van der Waals surface area (Å²) >= 11 is 5.99. The number of fused-ring (bicyclic) bond motifs is 1. The Morgan fingerprint density at radius 3 is 2.93 bits per heavy atom. The molecule has 1 fully saturated rings. The zero-order valence-corrected chi connectivity index (χ0v) is 9.35. The van der Waals surface area contributed by atoms with Crippen molar-refractivity contribution in [3.63, 3.8) is 0 Å². The third-order valence-electron chi connectivity index (χ3n) is 3.12. The highest BCUT2D eigenvalue weighted by Gasteiger charge is 2.26. The molecule has 1 atom stereocenters. The van der Waals surface area contributed by atoms with Gasteiger partial charge < -0.3 is 10.6 Å². The van der Waals surface area contributed by atoms with Crippen LogP contribution in [0, 0.1) is 0 Å². The van der Waals surface area contributed by atoms with Gasteiger partial charge in [0, 0.05) is 29.3 Å². The first-order chi connectivity index (χ1) is 7.31. The molecule has 1 heterocycles. The number of hydrogen-bond acceptors (Lipinski definition) is 2. The minimum absolute atomic E-state index is 0.573. The average molecular weight is 223 g/mol. The highest BCUT2D eigenvalue weighted by atomic mass is 35.5. The molecule has 1 unspecified atom stereocenters. The van der Waals surface area contributed by atoms with Crippen LogP contribution in [0.25, 0.3) is 0 Å². The molecular weight excluding hydrogens is 208 g/mol. The van der Waals surface area contributed by atoms with E-state index in [1.54, 1.807) is 0 Å². The van der Waals surface area contributed by atoms with Crippen molar-refractivity contribution in [2.45, 2.75) is 31.3 Å². The number of rotatable bonds is 2. The van der Waals surface area contributed by atoms with E-state index >= 15 is 0 Å². The van der Waals surface area contributed by atoms with E-state index in [4.69, 9.17) is 11.6 Å². The molecule has 0 amide bonds. The van der Waals surface area contributed by atoms with E-state index in [9.17, 15) is 0 Å². The van der Waals surface area contributed by atoms with Gasteiger partial charge in [-0.15, -0.1) is 0 Å². The number of nitrogens with one attached hydrogen (secondary N) is 2. The summed E-state index contributed by atoms with van der Waals surface area (Å²) in [4.78, 5) is 0. The van der Waals surface area contributed by atoms with Crippen LogP contribution in [0.1, 0.15) is 18.4 Å². The van der Waals surface area contributed by atoms with Gasteiger partial charge in [0.1, 0.15) is 0 Å². The second kappa shape index (κ2) is 3.69. The smallest absolute Gasteiger partial charge is 0.0410 e. The van der Waals surface area contributed by atoms with E-state index in [0.717, 1.165) is 24.0 Å². The Hall–Kier alpha value is -0.730. The number of hydrogen-bond donors (Lipinski definition) is 2. The van der Waals surface area contributed by atoms with Crippen molar-refractivity contribution < 1.29 is 0 Å². The molecule has 15 heavy (non-hydrogen) atoms. The summed E-state index contributed by atoms with van der Waals surface area (Å²) in [5.74, 6) is 0. The SMILES string of the molecule is Clc1ccc2c(c1)CC(NC1CC1)CN2. The van der Waals surface area contributed by atoms with Crippen molar-refractivity contribution in [3.8, 4) is 0 Å². The molecule has 1 aromatic rings. The fourth-order valence-corrected chi connectivity index (χ4v) is 2.37. The number of benzene rings is 1. The summed E-state index contributed by atoms with van der Waals surface area (Å²) in [5, 5.41) is 7.94. The lowest BCUT2D eigenvalue weighted by atomic mass is 10.00. The largest absolute Gasteiger partial charge is 0.383 e. The predicted molar refractivity (Wildman–Crippen MR) is 63.6 cm³/mol. The van der Waals surface area contributed by atoms with Crippen molar-refractivity contribution in [2.75, 3.05) is 11.9 Å². The Morgan fingerprint density at radius 1 is 1.27 bits per heavy atom. The summed E-state index contributed by atoms with van der Waals surface area (Å²) < 4.78 is 0. The summed E-state index contributed by atoms with van der Waals surface area (Å²) in [6.45, 7) is 1.03. The third kappa shape index (κ3) is 2.11. The van der Waals surface area contributed by atoms with Crippen LogP contribution in [0.4, 0.5) is 5.69 Å². The maximum Gasteiger partial charge on any atom is 0.0410 e. The van der Waals surface area contributed by atoms with Gasteiger partial charge in [-0.25, -0.2) is 0 Å². The first kappa shape index (κ1) is 9.49. The molecule has 1 aliphatic carbocycles. The molecule has 1 saturated carbocycles. The topological polar surface area (TPSA) is 24.1 Å². The summed E-state index contributed by atoms with van der Waals surface area (Å²) in [6, 6.07) is 7.44. The van der Waals surface area contributed by atoms with Crippen LogP contribution in [-0.4, -0.2) is 18.6 Å². The monoisotopic (exact) mass is 222 g/mol. The maximum atomic E-state index is 5.99. The van der Waals surface area contributed by atoms with Crippen molar-refractivity contribution in [2.24, 2.45) is 0 Å². The standard InChI is InChI=1S/C12H15ClN2/c13-9-1-4-12-8(5-9)6-11(7-14-12)15-10-2-3-10/h1,4-5,10-11,14-15H,2-3,6-7H2. The van der Waals surface area contributed by atoms with Gasteiger partial charge in [-0.1, -0.05) is 11.6 Å². The Morgan fingerprint density at radius 2 is 2.13 bits per heavy atom. The lowest BCUT2D eigenvalue weighted by molar-refractivity contribution is 0.515. The second-order valence-electron chi connectivity index (χ2n) is 4.52. The average Bonchev–Trinajstić information content (AvgIpc) is 3.01. The quantitative estimate of drug-likeness (QED) is 0.803. The van der Waals surface area contributed by atoms with Crippen LogP contribution >= 0.6 is 11.6 Å². The van der Waals surface area contributed by atoms with E-state index in [-0.39, 0.29) is 0 Å².